The van der Waals surface area contributed by atoms with E-state index in [1.54, 1.807) is 13.3 Å². The van der Waals surface area contributed by atoms with E-state index < -0.39 is 12.1 Å². The summed E-state index contributed by atoms with van der Waals surface area (Å²) in [6.07, 6.45) is -0.304. The molecule has 1 atom stereocenters. The van der Waals surface area contributed by atoms with E-state index in [1.165, 1.54) is 0 Å². The molecular weight excluding hydrogens is 409 g/mol. The second-order valence-electron chi connectivity index (χ2n) is 7.18. The summed E-state index contributed by atoms with van der Waals surface area (Å²) >= 11 is 0. The molecule has 8 nitrogen and oxygen atoms in total. The van der Waals surface area contributed by atoms with Gasteiger partial charge in [-0.2, -0.15) is 13.2 Å². The minimum atomic E-state index is -5.08. The van der Waals surface area contributed by atoms with Crippen molar-refractivity contribution in [3.63, 3.8) is 0 Å². The van der Waals surface area contributed by atoms with Crippen LogP contribution >= 0.6 is 0 Å². The van der Waals surface area contributed by atoms with Gasteiger partial charge in [-0.15, -0.1) is 0 Å². The van der Waals surface area contributed by atoms with Gasteiger partial charge >= 0.3 is 12.1 Å². The number of methoxy groups -OCH3 is 1. The first kappa shape index (κ1) is 23.9. The van der Waals surface area contributed by atoms with Crippen LogP contribution in [0, 0.1) is 5.92 Å². The van der Waals surface area contributed by atoms with Crippen LogP contribution in [0.15, 0.2) is 24.4 Å². The zero-order valence-electron chi connectivity index (χ0n) is 16.6. The topological polar surface area (TPSA) is 98.2 Å². The highest BCUT2D eigenvalue weighted by Gasteiger charge is 2.48. The highest BCUT2D eigenvalue weighted by Crippen LogP contribution is 2.38. The van der Waals surface area contributed by atoms with E-state index in [4.69, 9.17) is 24.1 Å². The minimum Gasteiger partial charge on any atom is -0.478 e. The number of halogens is 3. The summed E-state index contributed by atoms with van der Waals surface area (Å²) in [5.74, 6) is -1.46. The molecule has 0 bridgehead atoms. The SMILES string of the molecule is COCC(=O)N1CC2(CC(CCOc3ccccn3)CCO2)C1.O=C(O)C(F)(F)F. The number of alkyl halides is 3. The number of rotatable bonds is 6. The number of aliphatic carboxylic acids is 1. The number of hydrogen-bond acceptors (Lipinski definition) is 6. The first-order chi connectivity index (χ1) is 14.1. The second kappa shape index (κ2) is 10.6. The maximum Gasteiger partial charge on any atom is 0.490 e. The Bertz CT molecular complexity index is 695. The number of carboxylic acid groups (broad SMARTS) is 1. The fraction of sp³-hybridized carbons (Fsp3) is 0.632. The van der Waals surface area contributed by atoms with Crippen LogP contribution in [0.2, 0.25) is 0 Å². The van der Waals surface area contributed by atoms with Gasteiger partial charge in [0.2, 0.25) is 11.8 Å². The fourth-order valence-corrected chi connectivity index (χ4v) is 3.40. The lowest BCUT2D eigenvalue weighted by molar-refractivity contribution is -0.192. The third kappa shape index (κ3) is 7.13. The summed E-state index contributed by atoms with van der Waals surface area (Å²) in [6, 6.07) is 5.67. The van der Waals surface area contributed by atoms with Crippen molar-refractivity contribution < 1.29 is 42.1 Å². The fourth-order valence-electron chi connectivity index (χ4n) is 3.40. The lowest BCUT2D eigenvalue weighted by Crippen LogP contribution is -2.67. The average molecular weight is 434 g/mol. The summed E-state index contributed by atoms with van der Waals surface area (Å²) in [6.45, 7) is 2.96. The second-order valence-corrected chi connectivity index (χ2v) is 7.18. The Morgan fingerprint density at radius 1 is 1.37 bits per heavy atom. The van der Waals surface area contributed by atoms with Crippen molar-refractivity contribution in [3.05, 3.63) is 24.4 Å². The molecule has 30 heavy (non-hydrogen) atoms. The first-order valence-electron chi connectivity index (χ1n) is 9.40. The summed E-state index contributed by atoms with van der Waals surface area (Å²) in [4.78, 5) is 26.7. The molecule has 1 amide bonds. The first-order valence-corrected chi connectivity index (χ1v) is 9.40. The van der Waals surface area contributed by atoms with Crippen molar-refractivity contribution in [2.75, 3.05) is 40.0 Å². The van der Waals surface area contributed by atoms with Gasteiger partial charge in [-0.3, -0.25) is 4.79 Å². The quantitative estimate of drug-likeness (QED) is 0.733. The molecule has 1 aromatic heterocycles. The summed E-state index contributed by atoms with van der Waals surface area (Å²) in [5.41, 5.74) is -0.142. The van der Waals surface area contributed by atoms with Gasteiger partial charge in [0.1, 0.15) is 12.2 Å². The highest BCUT2D eigenvalue weighted by molar-refractivity contribution is 5.78. The molecule has 2 fully saturated rings. The molecule has 11 heteroatoms. The van der Waals surface area contributed by atoms with Crippen LogP contribution in [0.25, 0.3) is 0 Å². The normalized spacial score (nSPS) is 20.0. The van der Waals surface area contributed by atoms with Crippen molar-refractivity contribution in [2.24, 2.45) is 5.92 Å². The maximum absolute atomic E-state index is 11.8. The van der Waals surface area contributed by atoms with E-state index in [2.05, 4.69) is 4.98 Å². The molecule has 1 unspecified atom stereocenters. The van der Waals surface area contributed by atoms with Crippen LogP contribution in [-0.2, 0) is 19.1 Å². The zero-order chi connectivity index (χ0) is 22.2. The molecular formula is C19H25F3N2O6. The number of carboxylic acids is 1. The van der Waals surface area contributed by atoms with E-state index >= 15 is 0 Å². The number of carbonyl (C=O) groups excluding carboxylic acids is 1. The summed E-state index contributed by atoms with van der Waals surface area (Å²) in [7, 11) is 1.54. The van der Waals surface area contributed by atoms with E-state index in [0.717, 1.165) is 25.9 Å². The molecule has 168 valence electrons. The zero-order valence-corrected chi connectivity index (χ0v) is 16.6. The largest absolute Gasteiger partial charge is 0.490 e. The number of nitrogens with zero attached hydrogens (tertiary/aromatic N) is 2. The number of carbonyl (C=O) groups is 2. The lowest BCUT2D eigenvalue weighted by Gasteiger charge is -2.53. The van der Waals surface area contributed by atoms with E-state index in [1.807, 2.05) is 23.1 Å². The molecule has 0 radical (unpaired) electrons. The molecule has 0 aromatic carbocycles. The molecule has 0 aliphatic carbocycles. The van der Waals surface area contributed by atoms with Gasteiger partial charge in [-0.25, -0.2) is 9.78 Å². The number of pyridine rings is 1. The smallest absolute Gasteiger partial charge is 0.478 e. The number of ether oxygens (including phenoxy) is 3. The lowest BCUT2D eigenvalue weighted by atomic mass is 9.79. The number of amides is 1. The predicted molar refractivity (Wildman–Crippen MR) is 97.9 cm³/mol. The van der Waals surface area contributed by atoms with Gasteiger partial charge in [-0.1, -0.05) is 6.07 Å². The molecule has 0 saturated carbocycles. The van der Waals surface area contributed by atoms with Crippen molar-refractivity contribution in [1.29, 1.82) is 0 Å². The van der Waals surface area contributed by atoms with Crippen molar-refractivity contribution in [2.45, 2.75) is 31.0 Å². The van der Waals surface area contributed by atoms with Gasteiger partial charge < -0.3 is 24.2 Å². The van der Waals surface area contributed by atoms with Crippen LogP contribution in [0.3, 0.4) is 0 Å². The van der Waals surface area contributed by atoms with Crippen LogP contribution in [0.4, 0.5) is 13.2 Å². The Morgan fingerprint density at radius 3 is 2.63 bits per heavy atom. The highest BCUT2D eigenvalue weighted by atomic mass is 19.4. The Morgan fingerprint density at radius 2 is 2.07 bits per heavy atom. The van der Waals surface area contributed by atoms with Gasteiger partial charge in [0, 0.05) is 26.0 Å². The standard InChI is InChI=1S/C17H24N2O4.C2HF3O2/c1-21-11-16(20)19-12-17(13-19)10-14(6-9-23-17)5-8-22-15-4-2-3-7-18-15;3-2(4,5)1(6)7/h2-4,7,14H,5-6,8-13H2,1H3;(H,6,7). The van der Waals surface area contributed by atoms with Gasteiger partial charge in [0.05, 0.1) is 19.7 Å². The summed E-state index contributed by atoms with van der Waals surface area (Å²) < 4.78 is 48.3. The minimum absolute atomic E-state index is 0.0438. The van der Waals surface area contributed by atoms with Gasteiger partial charge in [0.15, 0.2) is 0 Å². The van der Waals surface area contributed by atoms with Crippen LogP contribution < -0.4 is 4.74 Å². The maximum atomic E-state index is 11.8. The molecule has 2 saturated heterocycles. The van der Waals surface area contributed by atoms with Crippen LogP contribution in [0.1, 0.15) is 19.3 Å². The van der Waals surface area contributed by atoms with Crippen LogP contribution in [0.5, 0.6) is 5.88 Å². The van der Waals surface area contributed by atoms with Crippen molar-refractivity contribution in [1.82, 2.24) is 9.88 Å². The average Bonchev–Trinajstić information content (AvgIpc) is 2.67. The van der Waals surface area contributed by atoms with Crippen molar-refractivity contribution in [3.8, 4) is 5.88 Å². The third-order valence-electron chi connectivity index (χ3n) is 4.83. The van der Waals surface area contributed by atoms with E-state index in [9.17, 15) is 18.0 Å². The van der Waals surface area contributed by atoms with E-state index in [-0.39, 0.29) is 18.1 Å². The number of likely N-dealkylation sites (tertiary alicyclic amines) is 1. The molecule has 1 N–H and O–H groups in total. The molecule has 2 aliphatic heterocycles. The number of hydrogen-bond donors (Lipinski definition) is 1. The molecule has 1 spiro atoms. The Kier molecular flexibility index (Phi) is 8.42. The van der Waals surface area contributed by atoms with Gasteiger partial charge in [-0.05, 0) is 31.2 Å². The summed E-state index contributed by atoms with van der Waals surface area (Å²) in [5, 5.41) is 7.12. The Hall–Kier alpha value is -2.40. The molecule has 2 aliphatic rings. The van der Waals surface area contributed by atoms with Crippen molar-refractivity contribution >= 4 is 11.9 Å². The monoisotopic (exact) mass is 434 g/mol. The number of aromatic nitrogens is 1. The predicted octanol–water partition coefficient (Wildman–Crippen LogP) is 2.14. The Balaban J connectivity index is 0.000000396. The Labute approximate surface area is 171 Å². The van der Waals surface area contributed by atoms with Crippen LogP contribution in [-0.4, -0.2) is 78.7 Å². The van der Waals surface area contributed by atoms with E-state index in [0.29, 0.717) is 31.5 Å². The molecule has 3 rings (SSSR count). The third-order valence-corrected chi connectivity index (χ3v) is 4.83. The molecule has 3 heterocycles. The molecule has 1 aromatic rings. The van der Waals surface area contributed by atoms with Gasteiger partial charge in [0.25, 0.3) is 0 Å².